The molecular weight excluding hydrogens is 117 g/mol. The predicted molar refractivity (Wildman–Crippen MR) is 22.1 cm³/mol. The third-order valence-electron chi connectivity index (χ3n) is 0. The van der Waals surface area contributed by atoms with E-state index in [0.717, 1.165) is 0 Å². The molecule has 0 aromatic heterocycles. The van der Waals surface area contributed by atoms with Crippen LogP contribution in [0.3, 0.4) is 0 Å². The molecule has 0 aliphatic carbocycles. The van der Waals surface area contributed by atoms with Gasteiger partial charge in [0, 0.05) is 16.8 Å². The first-order valence-corrected chi connectivity index (χ1v) is 0. The zero-order valence-corrected chi connectivity index (χ0v) is 3.58. The molecule has 0 aliphatic heterocycles. The Morgan fingerprint density at radius 2 is 1.00 bits per heavy atom. The van der Waals surface area contributed by atoms with Crippen molar-refractivity contribution in [2.75, 3.05) is 0 Å². The van der Waals surface area contributed by atoms with E-state index in [1.54, 1.807) is 0 Å². The summed E-state index contributed by atoms with van der Waals surface area (Å²) in [7, 11) is 0. The molecule has 33 valence electrons. The van der Waals surface area contributed by atoms with Gasteiger partial charge in [0.05, 0.1) is 0 Å². The van der Waals surface area contributed by atoms with Gasteiger partial charge in [-0.15, -0.1) is 0 Å². The van der Waals surface area contributed by atoms with Crippen LogP contribution in [-0.4, -0.2) is 0 Å². The normalized spacial score (nSPS) is 0. The van der Waals surface area contributed by atoms with Crippen LogP contribution in [0, 0.1) is 0 Å². The van der Waals surface area contributed by atoms with Gasteiger partial charge in [-0.3, -0.25) is 0 Å². The van der Waals surface area contributed by atoms with E-state index in [9.17, 15) is 0 Å². The maximum Gasteiger partial charge on any atom is 0 e. The fourth-order valence-corrected chi connectivity index (χ4v) is 0. The molecule has 3 N–H and O–H groups in total. The summed E-state index contributed by atoms with van der Waals surface area (Å²) in [5.74, 6) is 0. The Morgan fingerprint density at radius 1 is 1.00 bits per heavy atom. The molecule has 0 unspecified atom stereocenters. The summed E-state index contributed by atoms with van der Waals surface area (Å²) in [6.07, 6.45) is 0. The van der Waals surface area contributed by atoms with E-state index in [-0.39, 0.29) is 43.9 Å². The zero-order valence-electron chi connectivity index (χ0n) is 1.54. The Bertz CT molecular complexity index is 8.00. The molecule has 3 heteroatoms. The molecule has 0 saturated heterocycles. The van der Waals surface area contributed by atoms with Gasteiger partial charge in [0.2, 0.25) is 0 Å². The third kappa shape index (κ3) is 13.9. The van der Waals surface area contributed by atoms with E-state index in [4.69, 9.17) is 0 Å². The van der Waals surface area contributed by atoms with E-state index >= 15 is 0 Å². The molecule has 4 heavy (non-hydrogen) atoms. The minimum Gasteiger partial charge on any atom is -0.344 e. The van der Waals surface area contributed by atoms with Crippen molar-refractivity contribution < 1.29 is 16.8 Å². The molecule has 0 aromatic carbocycles. The second-order valence-corrected chi connectivity index (χ2v) is 0. The maximum absolute atomic E-state index is 0. The molecule has 0 atom stereocenters. The van der Waals surface area contributed by atoms with Gasteiger partial charge in [0.25, 0.3) is 0 Å². The van der Waals surface area contributed by atoms with Crippen LogP contribution < -0.4 is 6.15 Å². The van der Waals surface area contributed by atoms with Crippen molar-refractivity contribution >= 4 is 13.5 Å². The maximum atomic E-state index is 0. The first-order valence-electron chi connectivity index (χ1n) is 0. The van der Waals surface area contributed by atoms with Crippen molar-refractivity contribution in [3.05, 3.63) is 0 Å². The Labute approximate surface area is 44.4 Å². The molecule has 0 aromatic rings. The molecule has 0 spiro atoms. The summed E-state index contributed by atoms with van der Waals surface area (Å²) in [5, 5.41) is 0. The second kappa shape index (κ2) is 45.4. The predicted octanol–water partition coefficient (Wildman–Crippen LogP) is 0.908. The summed E-state index contributed by atoms with van der Waals surface area (Å²) >= 11 is 0. The second-order valence-electron chi connectivity index (χ2n) is 0. The zero-order chi connectivity index (χ0) is 0. The number of rotatable bonds is 0. The van der Waals surface area contributed by atoms with E-state index in [2.05, 4.69) is 0 Å². The summed E-state index contributed by atoms with van der Waals surface area (Å²) in [6.45, 7) is 0. The average molecular weight is 126 g/mol. The van der Waals surface area contributed by atoms with Crippen LogP contribution in [0.15, 0.2) is 0 Å². The summed E-state index contributed by atoms with van der Waals surface area (Å²) in [4.78, 5) is 0. The van der Waals surface area contributed by atoms with E-state index in [1.807, 2.05) is 0 Å². The van der Waals surface area contributed by atoms with Crippen LogP contribution in [0.5, 0.6) is 0 Å². The van der Waals surface area contributed by atoms with Gasteiger partial charge in [-0.05, 0) is 0 Å². The third-order valence-corrected chi connectivity index (χ3v) is 0. The Hall–Kier alpha value is 0.816. The van der Waals surface area contributed by atoms with Gasteiger partial charge < -0.3 is 6.15 Å². The van der Waals surface area contributed by atoms with Gasteiger partial charge >= 0.3 is 0 Å². The molecule has 1 radical (unpaired) electrons. The van der Waals surface area contributed by atoms with Crippen molar-refractivity contribution in [1.82, 2.24) is 6.15 Å². The molecule has 0 fully saturated rings. The topological polar surface area (TPSA) is 35.0 Å². The van der Waals surface area contributed by atoms with Crippen molar-refractivity contribution in [2.24, 2.45) is 0 Å². The SMILES string of the molecule is C.N.S.[Co]. The van der Waals surface area contributed by atoms with Crippen LogP contribution >= 0.6 is 13.5 Å². The summed E-state index contributed by atoms with van der Waals surface area (Å²) in [5.41, 5.74) is 0. The Morgan fingerprint density at radius 3 is 1.00 bits per heavy atom. The van der Waals surface area contributed by atoms with Gasteiger partial charge in [-0.2, -0.15) is 13.5 Å². The van der Waals surface area contributed by atoms with Crippen LogP contribution in [-0.2, 0) is 16.8 Å². The van der Waals surface area contributed by atoms with E-state index in [1.165, 1.54) is 0 Å². The summed E-state index contributed by atoms with van der Waals surface area (Å²) in [6, 6.07) is 0. The van der Waals surface area contributed by atoms with E-state index < -0.39 is 0 Å². The average Bonchev–Trinajstić information content (AvgIpc) is 0. The molecule has 0 amide bonds. The fourth-order valence-electron chi connectivity index (χ4n) is 0. The molecule has 0 aliphatic rings. The van der Waals surface area contributed by atoms with Crippen LogP contribution in [0.25, 0.3) is 0 Å². The van der Waals surface area contributed by atoms with Crippen LogP contribution in [0.4, 0.5) is 0 Å². The van der Waals surface area contributed by atoms with Crippen molar-refractivity contribution in [2.45, 2.75) is 7.43 Å². The van der Waals surface area contributed by atoms with Crippen molar-refractivity contribution in [3.8, 4) is 0 Å². The van der Waals surface area contributed by atoms with Crippen LogP contribution in [0.1, 0.15) is 7.43 Å². The van der Waals surface area contributed by atoms with E-state index in [0.29, 0.717) is 0 Å². The van der Waals surface area contributed by atoms with Gasteiger partial charge in [0.15, 0.2) is 0 Å². The smallest absolute Gasteiger partial charge is 0 e. The molecular formula is CH9CoNS. The Kier molecular flexibility index (Phi) is 1190. The minimum absolute atomic E-state index is 0. The minimum atomic E-state index is 0. The fraction of sp³-hybridized carbons (Fsp3) is 1.00. The van der Waals surface area contributed by atoms with Gasteiger partial charge in [0.1, 0.15) is 0 Å². The molecule has 0 heterocycles. The first kappa shape index (κ1) is 105. The van der Waals surface area contributed by atoms with Crippen LogP contribution in [0.2, 0.25) is 0 Å². The summed E-state index contributed by atoms with van der Waals surface area (Å²) < 4.78 is 0. The van der Waals surface area contributed by atoms with Crippen molar-refractivity contribution in [1.29, 1.82) is 0 Å². The van der Waals surface area contributed by atoms with Crippen molar-refractivity contribution in [3.63, 3.8) is 0 Å². The number of hydrogen-bond donors (Lipinski definition) is 1. The monoisotopic (exact) mass is 126 g/mol. The largest absolute Gasteiger partial charge is 0.344 e. The molecule has 0 rings (SSSR count). The first-order chi connectivity index (χ1) is 0. The van der Waals surface area contributed by atoms with Gasteiger partial charge in [-0.25, -0.2) is 0 Å². The molecule has 1 nitrogen and oxygen atoms in total. The van der Waals surface area contributed by atoms with Gasteiger partial charge in [-0.1, -0.05) is 7.43 Å². The quantitative estimate of drug-likeness (QED) is 0.514. The molecule has 0 bridgehead atoms. The number of hydrogen-bond acceptors (Lipinski definition) is 1. The Balaban J connectivity index is 0. The standard InChI is InChI=1S/CH4.Co.H3N.H2S/h1H4;;1H3;1H2. The molecule has 0 saturated carbocycles.